The van der Waals surface area contributed by atoms with Crippen LogP contribution in [0.25, 0.3) is 0 Å². The van der Waals surface area contributed by atoms with Gasteiger partial charge in [-0.05, 0) is 43.0 Å². The molecule has 5 heteroatoms. The van der Waals surface area contributed by atoms with Crippen LogP contribution in [0, 0.1) is 5.41 Å². The molecule has 0 atom stereocenters. The minimum absolute atomic E-state index is 0. The van der Waals surface area contributed by atoms with Gasteiger partial charge in [0.2, 0.25) is 0 Å². The second-order valence-corrected chi connectivity index (χ2v) is 7.48. The van der Waals surface area contributed by atoms with Crippen LogP contribution in [0.3, 0.4) is 0 Å². The molecule has 1 saturated carbocycles. The minimum Gasteiger partial charge on any atom is -0.357 e. The Morgan fingerprint density at radius 3 is 2.86 bits per heavy atom. The predicted octanol–water partition coefficient (Wildman–Crippen LogP) is 4.14. The first kappa shape index (κ1) is 18.0. The Labute approximate surface area is 155 Å². The molecule has 0 unspecified atom stereocenters. The van der Waals surface area contributed by atoms with E-state index in [2.05, 4.69) is 34.7 Å². The largest absolute Gasteiger partial charge is 0.357 e. The van der Waals surface area contributed by atoms with Gasteiger partial charge in [-0.15, -0.1) is 35.3 Å². The number of thiophene rings is 1. The number of rotatable bonds is 4. The van der Waals surface area contributed by atoms with Crippen molar-refractivity contribution >= 4 is 41.3 Å². The number of halogens is 1. The molecule has 1 aromatic heterocycles. The van der Waals surface area contributed by atoms with Crippen molar-refractivity contribution in [1.82, 2.24) is 10.2 Å². The number of hydrogen-bond acceptors (Lipinski definition) is 2. The normalized spacial score (nSPS) is 20.4. The molecule has 0 bridgehead atoms. The molecule has 2 aliphatic rings. The van der Waals surface area contributed by atoms with Gasteiger partial charge in [0.15, 0.2) is 5.96 Å². The van der Waals surface area contributed by atoms with Crippen molar-refractivity contribution in [3.63, 3.8) is 0 Å². The summed E-state index contributed by atoms with van der Waals surface area (Å²) in [7, 11) is 0. The lowest BCUT2D eigenvalue weighted by molar-refractivity contribution is 0.309. The molecule has 3 rings (SSSR count). The summed E-state index contributed by atoms with van der Waals surface area (Å²) in [4.78, 5) is 8.80. The Balaban J connectivity index is 0.00000176. The highest BCUT2D eigenvalue weighted by Gasteiger charge is 2.40. The molecule has 124 valence electrons. The van der Waals surface area contributed by atoms with Crippen LogP contribution in [0.5, 0.6) is 0 Å². The van der Waals surface area contributed by atoms with E-state index in [-0.39, 0.29) is 24.0 Å². The van der Waals surface area contributed by atoms with Gasteiger partial charge in [0.1, 0.15) is 0 Å². The summed E-state index contributed by atoms with van der Waals surface area (Å²) in [5.41, 5.74) is 0.615. The number of guanidine groups is 1. The second kappa shape index (κ2) is 8.52. The summed E-state index contributed by atoms with van der Waals surface area (Å²) in [6.07, 6.45) is 8.14. The smallest absolute Gasteiger partial charge is 0.193 e. The van der Waals surface area contributed by atoms with E-state index in [1.807, 2.05) is 11.3 Å². The maximum absolute atomic E-state index is 4.86. The van der Waals surface area contributed by atoms with E-state index in [1.165, 1.54) is 50.1 Å². The van der Waals surface area contributed by atoms with E-state index in [1.54, 1.807) is 0 Å². The van der Waals surface area contributed by atoms with Gasteiger partial charge < -0.3 is 10.2 Å². The Morgan fingerprint density at radius 2 is 2.18 bits per heavy atom. The maximum atomic E-state index is 4.86. The van der Waals surface area contributed by atoms with Crippen LogP contribution >= 0.6 is 35.3 Å². The summed E-state index contributed by atoms with van der Waals surface area (Å²) in [6.45, 7) is 6.42. The highest BCUT2D eigenvalue weighted by atomic mass is 127. The molecule has 2 heterocycles. The number of likely N-dealkylation sites (tertiary alicyclic amines) is 1. The fraction of sp³-hybridized carbons (Fsp3) is 0.706. The summed E-state index contributed by atoms with van der Waals surface area (Å²) in [6, 6.07) is 4.33. The van der Waals surface area contributed by atoms with Crippen molar-refractivity contribution in [3.8, 4) is 0 Å². The number of nitrogens with one attached hydrogen (secondary N) is 1. The fourth-order valence-corrected chi connectivity index (χ4v) is 4.50. The SMILES string of the molecule is CCNC(=NCCc1cccs1)N1CCC2(CCCC2)C1.I. The van der Waals surface area contributed by atoms with Crippen molar-refractivity contribution in [1.29, 1.82) is 0 Å². The van der Waals surface area contributed by atoms with Gasteiger partial charge in [0.25, 0.3) is 0 Å². The van der Waals surface area contributed by atoms with Crippen LogP contribution in [0.1, 0.15) is 43.9 Å². The van der Waals surface area contributed by atoms with Crippen molar-refractivity contribution in [2.45, 2.75) is 45.4 Å². The Morgan fingerprint density at radius 1 is 1.36 bits per heavy atom. The molecule has 1 N–H and O–H groups in total. The van der Waals surface area contributed by atoms with Gasteiger partial charge in [-0.2, -0.15) is 0 Å². The Kier molecular flexibility index (Phi) is 6.99. The average molecular weight is 433 g/mol. The highest BCUT2D eigenvalue weighted by molar-refractivity contribution is 14.0. The van der Waals surface area contributed by atoms with E-state index in [4.69, 9.17) is 4.99 Å². The van der Waals surface area contributed by atoms with E-state index in [0.717, 1.165) is 25.5 Å². The maximum Gasteiger partial charge on any atom is 0.193 e. The van der Waals surface area contributed by atoms with Gasteiger partial charge in [0.05, 0.1) is 0 Å². The van der Waals surface area contributed by atoms with Crippen LogP contribution in [0.4, 0.5) is 0 Å². The van der Waals surface area contributed by atoms with Crippen LogP contribution < -0.4 is 5.32 Å². The molecule has 2 fully saturated rings. The van der Waals surface area contributed by atoms with Crippen molar-refractivity contribution in [2.24, 2.45) is 10.4 Å². The molecule has 3 nitrogen and oxygen atoms in total. The lowest BCUT2D eigenvalue weighted by Gasteiger charge is -2.25. The molecule has 22 heavy (non-hydrogen) atoms. The molecular formula is C17H28IN3S. The van der Waals surface area contributed by atoms with Crippen LogP contribution in [-0.4, -0.2) is 37.0 Å². The zero-order valence-corrected chi connectivity index (χ0v) is 16.7. The van der Waals surface area contributed by atoms with Crippen molar-refractivity contribution < 1.29 is 0 Å². The summed E-state index contributed by atoms with van der Waals surface area (Å²) < 4.78 is 0. The average Bonchev–Trinajstić information content (AvgIpc) is 3.22. The van der Waals surface area contributed by atoms with Gasteiger partial charge in [-0.3, -0.25) is 4.99 Å². The predicted molar refractivity (Wildman–Crippen MR) is 107 cm³/mol. The molecule has 0 radical (unpaired) electrons. The third-order valence-electron chi connectivity index (χ3n) is 4.94. The summed E-state index contributed by atoms with van der Waals surface area (Å²) in [5, 5.41) is 5.64. The quantitative estimate of drug-likeness (QED) is 0.439. The fourth-order valence-electron chi connectivity index (χ4n) is 3.80. The van der Waals surface area contributed by atoms with Gasteiger partial charge in [-0.1, -0.05) is 18.9 Å². The third kappa shape index (κ3) is 4.37. The minimum atomic E-state index is 0. The highest BCUT2D eigenvalue weighted by Crippen LogP contribution is 2.45. The molecule has 1 aromatic rings. The number of aliphatic imine (C=N–C) groups is 1. The molecule has 1 aliphatic heterocycles. The van der Waals surface area contributed by atoms with Crippen molar-refractivity contribution in [2.75, 3.05) is 26.2 Å². The molecule has 1 spiro atoms. The van der Waals surface area contributed by atoms with Crippen LogP contribution in [-0.2, 0) is 6.42 Å². The Bertz CT molecular complexity index is 466. The molecule has 0 aromatic carbocycles. The topological polar surface area (TPSA) is 27.6 Å². The molecular weight excluding hydrogens is 405 g/mol. The number of hydrogen-bond donors (Lipinski definition) is 1. The van der Waals surface area contributed by atoms with E-state index in [9.17, 15) is 0 Å². The Hall–Kier alpha value is -0.300. The lowest BCUT2D eigenvalue weighted by Crippen LogP contribution is -2.41. The summed E-state index contributed by atoms with van der Waals surface area (Å²) >= 11 is 1.83. The van der Waals surface area contributed by atoms with E-state index >= 15 is 0 Å². The van der Waals surface area contributed by atoms with Crippen molar-refractivity contribution in [3.05, 3.63) is 22.4 Å². The first-order valence-electron chi connectivity index (χ1n) is 8.37. The zero-order valence-electron chi connectivity index (χ0n) is 13.5. The third-order valence-corrected chi connectivity index (χ3v) is 5.87. The van der Waals surface area contributed by atoms with E-state index in [0.29, 0.717) is 5.41 Å². The van der Waals surface area contributed by atoms with Crippen LogP contribution in [0.15, 0.2) is 22.5 Å². The second-order valence-electron chi connectivity index (χ2n) is 6.44. The van der Waals surface area contributed by atoms with Gasteiger partial charge in [-0.25, -0.2) is 0 Å². The first-order chi connectivity index (χ1) is 10.3. The zero-order chi connectivity index (χ0) is 14.5. The van der Waals surface area contributed by atoms with Crippen LogP contribution in [0.2, 0.25) is 0 Å². The molecule has 1 aliphatic carbocycles. The van der Waals surface area contributed by atoms with Gasteiger partial charge >= 0.3 is 0 Å². The first-order valence-corrected chi connectivity index (χ1v) is 9.25. The molecule has 0 amide bonds. The lowest BCUT2D eigenvalue weighted by atomic mass is 9.86. The molecule has 1 saturated heterocycles. The standard InChI is InChI=1S/C17H27N3S.HI/c1-2-18-16(19-11-7-15-6-5-13-21-15)20-12-10-17(14-20)8-3-4-9-17;/h5-6,13H,2-4,7-12,14H2,1H3,(H,18,19);1H. The van der Waals surface area contributed by atoms with Gasteiger partial charge in [0, 0.05) is 37.5 Å². The van der Waals surface area contributed by atoms with E-state index < -0.39 is 0 Å². The number of nitrogens with zero attached hydrogens (tertiary/aromatic N) is 2. The monoisotopic (exact) mass is 433 g/mol. The summed E-state index contributed by atoms with van der Waals surface area (Å²) in [5.74, 6) is 1.14.